The zero-order chi connectivity index (χ0) is 17.1. The number of hydrogen-bond acceptors (Lipinski definition) is 4. The van der Waals surface area contributed by atoms with E-state index in [4.69, 9.17) is 0 Å². The highest BCUT2D eigenvalue weighted by atomic mass is 16.2. The molecule has 2 aromatic rings. The minimum absolute atomic E-state index is 0.253. The van der Waals surface area contributed by atoms with Crippen LogP contribution in [0.5, 0.6) is 0 Å². The van der Waals surface area contributed by atoms with Crippen molar-refractivity contribution in [2.75, 3.05) is 31.1 Å². The molecule has 0 aliphatic carbocycles. The topological polar surface area (TPSA) is 54.3 Å². The second-order valence-corrected chi connectivity index (χ2v) is 7.10. The summed E-state index contributed by atoms with van der Waals surface area (Å²) in [4.78, 5) is 21.1. The maximum atomic E-state index is 12.7. The van der Waals surface area contributed by atoms with Crippen molar-refractivity contribution < 1.29 is 4.79 Å². The Labute approximate surface area is 148 Å². The van der Waals surface area contributed by atoms with Crippen LogP contribution in [0.4, 0.5) is 5.69 Å². The summed E-state index contributed by atoms with van der Waals surface area (Å²) in [5, 5.41) is 4.21. The molecule has 0 radical (unpaired) electrons. The minimum atomic E-state index is 0.253. The number of anilines is 1. The molecule has 0 bridgehead atoms. The largest absolute Gasteiger partial charge is 0.312 e. The van der Waals surface area contributed by atoms with Gasteiger partial charge in [0.05, 0.1) is 0 Å². The van der Waals surface area contributed by atoms with Crippen LogP contribution in [0.25, 0.3) is 0 Å². The Bertz CT molecular complexity index is 714. The van der Waals surface area contributed by atoms with Gasteiger partial charge in [0.25, 0.3) is 0 Å². The van der Waals surface area contributed by atoms with Crippen molar-refractivity contribution in [1.29, 1.82) is 0 Å². The van der Waals surface area contributed by atoms with Crippen LogP contribution < -0.4 is 4.90 Å². The van der Waals surface area contributed by atoms with Crippen LogP contribution in [0.1, 0.15) is 24.8 Å². The van der Waals surface area contributed by atoms with Crippen molar-refractivity contribution in [3.05, 3.63) is 42.5 Å². The van der Waals surface area contributed by atoms with E-state index in [1.165, 1.54) is 18.4 Å². The molecule has 4 rings (SSSR count). The first-order valence-corrected chi connectivity index (χ1v) is 9.22. The molecule has 2 aliphatic rings. The number of para-hydroxylation sites is 1. The highest BCUT2D eigenvalue weighted by Gasteiger charge is 2.25. The summed E-state index contributed by atoms with van der Waals surface area (Å²) in [5.41, 5.74) is 2.40. The lowest BCUT2D eigenvalue weighted by Crippen LogP contribution is -2.40. The van der Waals surface area contributed by atoms with E-state index >= 15 is 0 Å². The van der Waals surface area contributed by atoms with E-state index in [2.05, 4.69) is 33.2 Å². The van der Waals surface area contributed by atoms with Crippen LogP contribution in [0.15, 0.2) is 36.9 Å². The highest BCUT2D eigenvalue weighted by molar-refractivity contribution is 5.95. The average molecular weight is 339 g/mol. The summed E-state index contributed by atoms with van der Waals surface area (Å²) < 4.78 is 1.92. The molecule has 6 heteroatoms. The fourth-order valence-electron chi connectivity index (χ4n) is 4.08. The second kappa shape index (κ2) is 7.35. The number of piperidine rings is 1. The van der Waals surface area contributed by atoms with E-state index in [-0.39, 0.29) is 5.91 Å². The molecule has 1 amide bonds. The fourth-order valence-corrected chi connectivity index (χ4v) is 4.08. The molecule has 6 nitrogen and oxygen atoms in total. The van der Waals surface area contributed by atoms with E-state index in [1.807, 2.05) is 15.6 Å². The quantitative estimate of drug-likeness (QED) is 0.836. The Morgan fingerprint density at radius 1 is 1.24 bits per heavy atom. The minimum Gasteiger partial charge on any atom is -0.312 e. The van der Waals surface area contributed by atoms with Gasteiger partial charge in [-0.3, -0.25) is 9.48 Å². The molecule has 0 saturated carbocycles. The van der Waals surface area contributed by atoms with Crippen molar-refractivity contribution in [3.63, 3.8) is 0 Å². The molecule has 25 heavy (non-hydrogen) atoms. The van der Waals surface area contributed by atoms with Crippen molar-refractivity contribution in [2.45, 2.75) is 32.2 Å². The Balaban J connectivity index is 1.29. The number of fused-ring (bicyclic) bond motifs is 1. The molecule has 1 aromatic heterocycles. The zero-order valence-corrected chi connectivity index (χ0v) is 14.5. The monoisotopic (exact) mass is 339 g/mol. The maximum Gasteiger partial charge on any atom is 0.228 e. The van der Waals surface area contributed by atoms with Crippen molar-refractivity contribution >= 4 is 11.6 Å². The third-order valence-corrected chi connectivity index (χ3v) is 5.35. The molecule has 3 heterocycles. The first-order valence-electron chi connectivity index (χ1n) is 9.22. The number of amides is 1. The van der Waals surface area contributed by atoms with Gasteiger partial charge in [0.2, 0.25) is 5.91 Å². The fraction of sp³-hybridized carbons (Fsp3) is 0.526. The number of rotatable bonds is 5. The number of likely N-dealkylation sites (tertiary alicyclic amines) is 1. The van der Waals surface area contributed by atoms with Gasteiger partial charge in [0.1, 0.15) is 12.7 Å². The SMILES string of the molecule is O=C(CCN1CCCC(Cn2cncn2)C1)N1CCc2ccccc21. The van der Waals surface area contributed by atoms with Crippen molar-refractivity contribution in [3.8, 4) is 0 Å². The Morgan fingerprint density at radius 2 is 2.16 bits per heavy atom. The molecule has 1 atom stereocenters. The van der Waals surface area contributed by atoms with Crippen LogP contribution in [-0.2, 0) is 17.8 Å². The molecule has 0 N–H and O–H groups in total. The van der Waals surface area contributed by atoms with Gasteiger partial charge < -0.3 is 9.80 Å². The number of aromatic nitrogens is 3. The van der Waals surface area contributed by atoms with Crippen LogP contribution in [0.3, 0.4) is 0 Å². The van der Waals surface area contributed by atoms with Crippen LogP contribution in [0.2, 0.25) is 0 Å². The van der Waals surface area contributed by atoms with Gasteiger partial charge in [-0.15, -0.1) is 0 Å². The highest BCUT2D eigenvalue weighted by Crippen LogP contribution is 2.28. The van der Waals surface area contributed by atoms with Gasteiger partial charge in [0, 0.05) is 38.3 Å². The van der Waals surface area contributed by atoms with Gasteiger partial charge in [-0.05, 0) is 43.4 Å². The Morgan fingerprint density at radius 3 is 3.04 bits per heavy atom. The molecular formula is C19H25N5O. The van der Waals surface area contributed by atoms with Crippen LogP contribution in [-0.4, -0.2) is 51.8 Å². The van der Waals surface area contributed by atoms with E-state index in [9.17, 15) is 4.79 Å². The normalized spacial score (nSPS) is 20.6. The number of hydrogen-bond donors (Lipinski definition) is 0. The third-order valence-electron chi connectivity index (χ3n) is 5.35. The van der Waals surface area contributed by atoms with E-state index in [0.29, 0.717) is 12.3 Å². The molecule has 2 aliphatic heterocycles. The van der Waals surface area contributed by atoms with Gasteiger partial charge >= 0.3 is 0 Å². The van der Waals surface area contributed by atoms with E-state index in [0.717, 1.165) is 44.8 Å². The van der Waals surface area contributed by atoms with Gasteiger partial charge in [0.15, 0.2) is 0 Å². The molecule has 0 spiro atoms. The summed E-state index contributed by atoms with van der Waals surface area (Å²) >= 11 is 0. The molecule has 1 saturated heterocycles. The maximum absolute atomic E-state index is 12.7. The predicted octanol–water partition coefficient (Wildman–Crippen LogP) is 1.97. The van der Waals surface area contributed by atoms with Crippen LogP contribution in [0, 0.1) is 5.92 Å². The zero-order valence-electron chi connectivity index (χ0n) is 14.5. The lowest BCUT2D eigenvalue weighted by Gasteiger charge is -2.32. The van der Waals surface area contributed by atoms with E-state index < -0.39 is 0 Å². The Kier molecular flexibility index (Phi) is 4.78. The lowest BCUT2D eigenvalue weighted by atomic mass is 9.98. The van der Waals surface area contributed by atoms with Gasteiger partial charge in [-0.25, -0.2) is 4.98 Å². The standard InChI is InChI=1S/C19H25N5O/c25-19(24-11-7-17-5-1-2-6-18(17)24)8-10-22-9-3-4-16(12-22)13-23-15-20-14-21-23/h1-2,5-6,14-16H,3-4,7-13H2. The molecule has 132 valence electrons. The van der Waals surface area contributed by atoms with Gasteiger partial charge in [-0.1, -0.05) is 18.2 Å². The second-order valence-electron chi connectivity index (χ2n) is 7.10. The van der Waals surface area contributed by atoms with Crippen molar-refractivity contribution in [1.82, 2.24) is 19.7 Å². The van der Waals surface area contributed by atoms with Gasteiger partial charge in [-0.2, -0.15) is 5.10 Å². The number of nitrogens with zero attached hydrogens (tertiary/aromatic N) is 5. The molecular weight excluding hydrogens is 314 g/mol. The summed E-state index contributed by atoms with van der Waals surface area (Å²) in [6.07, 6.45) is 7.38. The number of benzene rings is 1. The Hall–Kier alpha value is -2.21. The smallest absolute Gasteiger partial charge is 0.228 e. The van der Waals surface area contributed by atoms with E-state index in [1.54, 1.807) is 12.7 Å². The predicted molar refractivity (Wildman–Crippen MR) is 96.3 cm³/mol. The molecule has 1 unspecified atom stereocenters. The van der Waals surface area contributed by atoms with Crippen LogP contribution >= 0.6 is 0 Å². The first-order chi connectivity index (χ1) is 12.3. The molecule has 1 aromatic carbocycles. The summed E-state index contributed by atoms with van der Waals surface area (Å²) in [7, 11) is 0. The summed E-state index contributed by atoms with van der Waals surface area (Å²) in [6.45, 7) is 4.74. The average Bonchev–Trinajstić information content (AvgIpc) is 3.29. The number of carbonyl (C=O) groups is 1. The third kappa shape index (κ3) is 3.74. The van der Waals surface area contributed by atoms with Crippen molar-refractivity contribution in [2.24, 2.45) is 5.92 Å². The number of carbonyl (C=O) groups excluding carboxylic acids is 1. The molecule has 1 fully saturated rings. The summed E-state index contributed by atoms with van der Waals surface area (Å²) in [6, 6.07) is 8.26. The lowest BCUT2D eigenvalue weighted by molar-refractivity contribution is -0.118. The first kappa shape index (κ1) is 16.3. The summed E-state index contributed by atoms with van der Waals surface area (Å²) in [5.74, 6) is 0.849.